The highest BCUT2D eigenvalue weighted by atomic mass is 19.1. The Balaban J connectivity index is 2.38. The molecule has 0 spiro atoms. The van der Waals surface area contributed by atoms with Gasteiger partial charge < -0.3 is 4.57 Å². The van der Waals surface area contributed by atoms with Gasteiger partial charge in [-0.15, -0.1) is 0 Å². The van der Waals surface area contributed by atoms with Gasteiger partial charge in [-0.1, -0.05) is 18.2 Å². The lowest BCUT2D eigenvalue weighted by atomic mass is 10.1. The Morgan fingerprint density at radius 3 is 2.55 bits per heavy atom. The van der Waals surface area contributed by atoms with E-state index in [2.05, 4.69) is 0 Å². The van der Waals surface area contributed by atoms with Crippen LogP contribution in [0.15, 0.2) is 42.5 Å². The first kappa shape index (κ1) is 12.9. The van der Waals surface area contributed by atoms with Crippen molar-refractivity contribution >= 4 is 27.6 Å². The van der Waals surface area contributed by atoms with Crippen LogP contribution in [0.25, 0.3) is 21.8 Å². The van der Waals surface area contributed by atoms with E-state index in [-0.39, 0.29) is 5.78 Å². The van der Waals surface area contributed by atoms with Crippen molar-refractivity contribution in [2.45, 2.75) is 26.6 Å². The highest BCUT2D eigenvalue weighted by molar-refractivity contribution is 6.10. The van der Waals surface area contributed by atoms with Crippen LogP contribution in [0.2, 0.25) is 0 Å². The van der Waals surface area contributed by atoms with Gasteiger partial charge >= 0.3 is 0 Å². The van der Waals surface area contributed by atoms with Gasteiger partial charge in [0, 0.05) is 27.4 Å². The molecule has 3 heteroatoms. The first-order valence-corrected chi connectivity index (χ1v) is 6.74. The Labute approximate surface area is 116 Å². The van der Waals surface area contributed by atoms with Crippen LogP contribution >= 0.6 is 0 Å². The predicted octanol–water partition coefficient (Wildman–Crippen LogP) is 4.36. The number of halogens is 1. The molecule has 0 aliphatic rings. The zero-order valence-electron chi connectivity index (χ0n) is 11.6. The van der Waals surface area contributed by atoms with E-state index in [1.807, 2.05) is 47.0 Å². The standard InChI is InChI=1S/C17H16FNO/c1-11(18)10-19-16-6-4-3-5-14(16)15-9-13(12(2)20)7-8-17(15)19/h3-9,11H,10H2,1-2H3. The topological polar surface area (TPSA) is 22.0 Å². The number of para-hydroxylation sites is 1. The molecule has 0 aliphatic heterocycles. The van der Waals surface area contributed by atoms with Crippen molar-refractivity contribution in [3.8, 4) is 0 Å². The Bertz CT molecular complexity index is 801. The molecule has 1 unspecified atom stereocenters. The summed E-state index contributed by atoms with van der Waals surface area (Å²) >= 11 is 0. The highest BCUT2D eigenvalue weighted by Gasteiger charge is 2.13. The van der Waals surface area contributed by atoms with Crippen molar-refractivity contribution in [2.75, 3.05) is 0 Å². The summed E-state index contributed by atoms with van der Waals surface area (Å²) < 4.78 is 15.4. The number of ketones is 1. The Hall–Kier alpha value is -2.16. The summed E-state index contributed by atoms with van der Waals surface area (Å²) in [6, 6.07) is 13.5. The van der Waals surface area contributed by atoms with Gasteiger partial charge in [0.05, 0.1) is 6.54 Å². The summed E-state index contributed by atoms with van der Waals surface area (Å²) in [6.07, 6.45) is -0.915. The number of alkyl halides is 1. The molecule has 3 rings (SSSR count). The van der Waals surface area contributed by atoms with Crippen LogP contribution < -0.4 is 0 Å². The van der Waals surface area contributed by atoms with Crippen molar-refractivity contribution in [1.29, 1.82) is 0 Å². The van der Waals surface area contributed by atoms with Crippen LogP contribution in [0.1, 0.15) is 24.2 Å². The molecule has 0 saturated carbocycles. The molecule has 1 heterocycles. The van der Waals surface area contributed by atoms with Crippen LogP contribution in [0.5, 0.6) is 0 Å². The van der Waals surface area contributed by atoms with Crippen LogP contribution in [0, 0.1) is 0 Å². The molecule has 20 heavy (non-hydrogen) atoms. The molecular weight excluding hydrogens is 253 g/mol. The average molecular weight is 269 g/mol. The predicted molar refractivity (Wildman–Crippen MR) is 80.0 cm³/mol. The molecule has 1 atom stereocenters. The third-order valence-electron chi connectivity index (χ3n) is 3.61. The number of aromatic nitrogens is 1. The molecule has 0 fully saturated rings. The number of carbonyl (C=O) groups is 1. The van der Waals surface area contributed by atoms with Crippen molar-refractivity contribution < 1.29 is 9.18 Å². The molecule has 0 radical (unpaired) electrons. The van der Waals surface area contributed by atoms with Gasteiger partial charge in [-0.25, -0.2) is 4.39 Å². The lowest BCUT2D eigenvalue weighted by Crippen LogP contribution is -2.07. The monoisotopic (exact) mass is 269 g/mol. The van der Waals surface area contributed by atoms with Gasteiger partial charge in [0.25, 0.3) is 0 Å². The average Bonchev–Trinajstić information content (AvgIpc) is 2.73. The normalized spacial score (nSPS) is 12.9. The summed E-state index contributed by atoms with van der Waals surface area (Å²) in [5, 5.41) is 2.07. The van der Waals surface area contributed by atoms with Gasteiger partial charge in [-0.3, -0.25) is 4.79 Å². The van der Waals surface area contributed by atoms with E-state index in [0.29, 0.717) is 12.1 Å². The second-order valence-electron chi connectivity index (χ2n) is 5.20. The smallest absolute Gasteiger partial charge is 0.159 e. The quantitative estimate of drug-likeness (QED) is 0.648. The first-order chi connectivity index (χ1) is 9.58. The Kier molecular flexibility index (Phi) is 3.05. The minimum Gasteiger partial charge on any atom is -0.338 e. The highest BCUT2D eigenvalue weighted by Crippen LogP contribution is 2.30. The molecular formula is C17H16FNO. The zero-order chi connectivity index (χ0) is 14.3. The summed E-state index contributed by atoms with van der Waals surface area (Å²) in [4.78, 5) is 11.5. The van der Waals surface area contributed by atoms with E-state index in [1.165, 1.54) is 0 Å². The fourth-order valence-electron chi connectivity index (χ4n) is 2.72. The molecule has 0 amide bonds. The van der Waals surface area contributed by atoms with Gasteiger partial charge in [-0.2, -0.15) is 0 Å². The third-order valence-corrected chi connectivity index (χ3v) is 3.61. The number of nitrogens with zero attached hydrogens (tertiary/aromatic N) is 1. The molecule has 2 nitrogen and oxygen atoms in total. The van der Waals surface area contributed by atoms with Crippen LogP contribution in [0.4, 0.5) is 4.39 Å². The molecule has 0 aliphatic carbocycles. The summed E-state index contributed by atoms with van der Waals surface area (Å²) in [6.45, 7) is 3.44. The first-order valence-electron chi connectivity index (χ1n) is 6.74. The third kappa shape index (κ3) is 1.99. The summed E-state index contributed by atoms with van der Waals surface area (Å²) in [7, 11) is 0. The second-order valence-corrected chi connectivity index (χ2v) is 5.20. The molecule has 3 aromatic rings. The fourth-order valence-corrected chi connectivity index (χ4v) is 2.72. The number of carbonyl (C=O) groups excluding carboxylic acids is 1. The molecule has 0 bridgehead atoms. The Morgan fingerprint density at radius 2 is 1.85 bits per heavy atom. The van der Waals surface area contributed by atoms with E-state index in [9.17, 15) is 9.18 Å². The second kappa shape index (κ2) is 4.75. The Morgan fingerprint density at radius 1 is 1.15 bits per heavy atom. The van der Waals surface area contributed by atoms with Crippen LogP contribution in [0.3, 0.4) is 0 Å². The minimum atomic E-state index is -0.915. The summed E-state index contributed by atoms with van der Waals surface area (Å²) in [5.41, 5.74) is 2.67. The lowest BCUT2D eigenvalue weighted by molar-refractivity contribution is 0.101. The molecule has 0 saturated heterocycles. The van der Waals surface area contributed by atoms with Gasteiger partial charge in [0.1, 0.15) is 6.17 Å². The number of rotatable bonds is 3. The van der Waals surface area contributed by atoms with Crippen molar-refractivity contribution in [3.05, 3.63) is 48.0 Å². The van der Waals surface area contributed by atoms with E-state index in [0.717, 1.165) is 21.8 Å². The number of Topliss-reactive ketones (excluding diaryl/α,β-unsaturated/α-hetero) is 1. The minimum absolute atomic E-state index is 0.0441. The molecule has 102 valence electrons. The van der Waals surface area contributed by atoms with E-state index >= 15 is 0 Å². The lowest BCUT2D eigenvalue weighted by Gasteiger charge is -2.08. The van der Waals surface area contributed by atoms with Crippen molar-refractivity contribution in [2.24, 2.45) is 0 Å². The van der Waals surface area contributed by atoms with E-state index in [4.69, 9.17) is 0 Å². The number of fused-ring (bicyclic) bond motifs is 3. The van der Waals surface area contributed by atoms with Crippen LogP contribution in [-0.2, 0) is 6.54 Å². The zero-order valence-corrected chi connectivity index (χ0v) is 11.6. The van der Waals surface area contributed by atoms with Crippen molar-refractivity contribution in [1.82, 2.24) is 4.57 Å². The molecule has 1 aromatic heterocycles. The molecule has 0 N–H and O–H groups in total. The number of hydrogen-bond acceptors (Lipinski definition) is 1. The van der Waals surface area contributed by atoms with Crippen molar-refractivity contribution in [3.63, 3.8) is 0 Å². The number of benzene rings is 2. The van der Waals surface area contributed by atoms with Crippen LogP contribution in [-0.4, -0.2) is 16.5 Å². The number of hydrogen-bond donors (Lipinski definition) is 0. The maximum Gasteiger partial charge on any atom is 0.159 e. The van der Waals surface area contributed by atoms with E-state index in [1.54, 1.807) is 13.8 Å². The largest absolute Gasteiger partial charge is 0.338 e. The van der Waals surface area contributed by atoms with Gasteiger partial charge in [-0.05, 0) is 38.1 Å². The summed E-state index contributed by atoms with van der Waals surface area (Å²) in [5.74, 6) is 0.0441. The van der Waals surface area contributed by atoms with E-state index < -0.39 is 6.17 Å². The maximum atomic E-state index is 13.5. The SMILES string of the molecule is CC(=O)c1ccc2c(c1)c1ccccc1n2CC(C)F. The van der Waals surface area contributed by atoms with Gasteiger partial charge in [0.2, 0.25) is 0 Å². The molecule has 2 aromatic carbocycles. The fraction of sp³-hybridized carbons (Fsp3) is 0.235. The van der Waals surface area contributed by atoms with Gasteiger partial charge in [0.15, 0.2) is 5.78 Å². The maximum absolute atomic E-state index is 13.5.